The van der Waals surface area contributed by atoms with Crippen molar-refractivity contribution in [2.75, 3.05) is 14.2 Å². The van der Waals surface area contributed by atoms with Crippen LogP contribution in [0, 0.1) is 6.92 Å². The van der Waals surface area contributed by atoms with Gasteiger partial charge in [0.25, 0.3) is 5.91 Å². The van der Waals surface area contributed by atoms with E-state index in [0.717, 1.165) is 45.1 Å². The van der Waals surface area contributed by atoms with E-state index in [1.54, 1.807) is 31.4 Å². The molecule has 0 saturated heterocycles. The van der Waals surface area contributed by atoms with E-state index in [-0.39, 0.29) is 5.91 Å². The predicted octanol–water partition coefficient (Wildman–Crippen LogP) is 6.63. The zero-order chi connectivity index (χ0) is 29.9. The number of hydrogen-bond donors (Lipinski definition) is 0. The summed E-state index contributed by atoms with van der Waals surface area (Å²) < 4.78 is 12.1. The number of benzene rings is 4. The zero-order valence-electron chi connectivity index (χ0n) is 24.1. The fraction of sp³-hybridized carbons (Fsp3) is 0.143. The molecule has 6 rings (SSSR count). The maximum Gasteiger partial charge on any atom is 0.337 e. The molecular formula is C35H30N4O4. The largest absolute Gasteiger partial charge is 0.497 e. The van der Waals surface area contributed by atoms with Crippen LogP contribution in [0.4, 0.5) is 0 Å². The highest BCUT2D eigenvalue weighted by Crippen LogP contribution is 2.39. The minimum atomic E-state index is -0.513. The van der Waals surface area contributed by atoms with Crippen LogP contribution < -0.4 is 4.74 Å². The molecule has 0 spiro atoms. The van der Waals surface area contributed by atoms with Crippen LogP contribution in [0.25, 0.3) is 16.9 Å². The second-order valence-electron chi connectivity index (χ2n) is 10.3. The molecule has 1 unspecified atom stereocenters. The van der Waals surface area contributed by atoms with E-state index in [9.17, 15) is 9.59 Å². The number of aromatic nitrogens is 2. The third-order valence-electron chi connectivity index (χ3n) is 7.52. The molecule has 214 valence electrons. The van der Waals surface area contributed by atoms with Crippen molar-refractivity contribution in [3.8, 4) is 22.7 Å². The Balaban J connectivity index is 1.48. The Morgan fingerprint density at radius 3 is 2.21 bits per heavy atom. The minimum Gasteiger partial charge on any atom is -0.497 e. The maximum atomic E-state index is 14.2. The van der Waals surface area contributed by atoms with Crippen molar-refractivity contribution >= 4 is 17.6 Å². The summed E-state index contributed by atoms with van der Waals surface area (Å²) in [5.74, 6) is -0.111. The lowest BCUT2D eigenvalue weighted by molar-refractivity contribution is 0.0600. The average molecular weight is 571 g/mol. The quantitative estimate of drug-likeness (QED) is 0.205. The molecule has 4 aromatic carbocycles. The molecule has 0 radical (unpaired) electrons. The van der Waals surface area contributed by atoms with Gasteiger partial charge in [0.15, 0.2) is 0 Å². The van der Waals surface area contributed by atoms with Crippen molar-refractivity contribution in [1.29, 1.82) is 0 Å². The number of amides is 1. The van der Waals surface area contributed by atoms with Gasteiger partial charge in [-0.1, -0.05) is 54.1 Å². The molecule has 8 heteroatoms. The molecule has 0 fully saturated rings. The first-order valence-corrected chi connectivity index (χ1v) is 13.9. The van der Waals surface area contributed by atoms with E-state index < -0.39 is 12.0 Å². The van der Waals surface area contributed by atoms with Crippen LogP contribution >= 0.6 is 0 Å². The number of hydrazone groups is 1. The molecule has 1 amide bonds. The van der Waals surface area contributed by atoms with E-state index in [1.165, 1.54) is 12.1 Å². The smallest absolute Gasteiger partial charge is 0.337 e. The second kappa shape index (κ2) is 11.8. The molecule has 1 aromatic heterocycles. The first-order chi connectivity index (χ1) is 20.9. The van der Waals surface area contributed by atoms with E-state index in [2.05, 4.69) is 12.1 Å². The van der Waals surface area contributed by atoms with E-state index in [1.807, 2.05) is 84.5 Å². The first kappa shape index (κ1) is 27.7. The van der Waals surface area contributed by atoms with E-state index >= 15 is 0 Å². The maximum absolute atomic E-state index is 14.2. The number of rotatable bonds is 7. The van der Waals surface area contributed by atoms with Crippen molar-refractivity contribution in [3.05, 3.63) is 137 Å². The lowest BCUT2D eigenvalue weighted by Crippen LogP contribution is -2.27. The Bertz CT molecular complexity index is 1810. The van der Waals surface area contributed by atoms with Gasteiger partial charge in [0.05, 0.1) is 42.9 Å². The van der Waals surface area contributed by atoms with Crippen molar-refractivity contribution in [3.63, 3.8) is 0 Å². The van der Waals surface area contributed by atoms with Gasteiger partial charge in [0.1, 0.15) is 5.75 Å². The average Bonchev–Trinajstić information content (AvgIpc) is 3.70. The summed E-state index contributed by atoms with van der Waals surface area (Å²) in [6.45, 7) is 2.04. The molecular weight excluding hydrogens is 540 g/mol. The number of carbonyl (C=O) groups excluding carboxylic acids is 2. The predicted molar refractivity (Wildman–Crippen MR) is 165 cm³/mol. The lowest BCUT2D eigenvalue weighted by Gasteiger charge is -2.22. The Kier molecular flexibility index (Phi) is 7.57. The molecule has 8 nitrogen and oxygen atoms in total. The van der Waals surface area contributed by atoms with E-state index in [4.69, 9.17) is 19.7 Å². The van der Waals surface area contributed by atoms with E-state index in [0.29, 0.717) is 17.5 Å². The number of para-hydroxylation sites is 1. The zero-order valence-corrected chi connectivity index (χ0v) is 24.1. The van der Waals surface area contributed by atoms with Gasteiger partial charge in [-0.25, -0.2) is 14.5 Å². The lowest BCUT2D eigenvalue weighted by atomic mass is 9.95. The Morgan fingerprint density at radius 2 is 1.51 bits per heavy atom. The van der Waals surface area contributed by atoms with Gasteiger partial charge in [-0.15, -0.1) is 0 Å². The van der Waals surface area contributed by atoms with Crippen molar-refractivity contribution in [1.82, 2.24) is 14.8 Å². The monoisotopic (exact) mass is 570 g/mol. The Hall–Kier alpha value is -5.50. The molecule has 5 aromatic rings. The standard InChI is InChI=1S/C35H30N4O4/c1-23-12-14-25(15-13-23)33-30(22-38(37-33)28-10-5-4-6-11-28)32-21-31(24-16-18-29(42-2)19-17-24)36-39(32)34(40)26-8-7-9-27(20-26)35(41)43-3/h4-20,22,32H,21H2,1-3H3. The number of carbonyl (C=O) groups is 2. The molecule has 1 atom stereocenters. The third-order valence-corrected chi connectivity index (χ3v) is 7.52. The molecule has 1 aliphatic rings. The summed E-state index contributed by atoms with van der Waals surface area (Å²) in [4.78, 5) is 26.4. The molecule has 0 saturated carbocycles. The van der Waals surface area contributed by atoms with Crippen LogP contribution in [-0.4, -0.2) is 46.6 Å². The van der Waals surface area contributed by atoms with Gasteiger partial charge in [-0.2, -0.15) is 10.2 Å². The van der Waals surface area contributed by atoms with Gasteiger partial charge >= 0.3 is 5.97 Å². The summed E-state index contributed by atoms with van der Waals surface area (Å²) in [6, 6.07) is 31.8. The normalized spacial score (nSPS) is 14.3. The second-order valence-corrected chi connectivity index (χ2v) is 10.3. The number of nitrogens with zero attached hydrogens (tertiary/aromatic N) is 4. The number of esters is 1. The van der Waals surface area contributed by atoms with Gasteiger partial charge in [-0.3, -0.25) is 4.79 Å². The van der Waals surface area contributed by atoms with Crippen LogP contribution in [0.1, 0.15) is 49.9 Å². The van der Waals surface area contributed by atoms with Crippen molar-refractivity contribution in [2.45, 2.75) is 19.4 Å². The van der Waals surface area contributed by atoms with Crippen LogP contribution in [0.15, 0.2) is 114 Å². The van der Waals surface area contributed by atoms with Crippen LogP contribution in [-0.2, 0) is 4.74 Å². The summed E-state index contributed by atoms with van der Waals surface area (Å²) in [7, 11) is 2.94. The molecule has 0 aliphatic carbocycles. The number of aryl methyl sites for hydroxylation is 1. The van der Waals surface area contributed by atoms with Gasteiger partial charge in [-0.05, 0) is 67.1 Å². The summed E-state index contributed by atoms with van der Waals surface area (Å²) >= 11 is 0. The number of hydrogen-bond acceptors (Lipinski definition) is 6. The van der Waals surface area contributed by atoms with Crippen LogP contribution in [0.2, 0.25) is 0 Å². The van der Waals surface area contributed by atoms with Gasteiger partial charge in [0, 0.05) is 29.3 Å². The van der Waals surface area contributed by atoms with Crippen molar-refractivity contribution < 1.29 is 19.1 Å². The van der Waals surface area contributed by atoms with Crippen molar-refractivity contribution in [2.24, 2.45) is 5.10 Å². The first-order valence-electron chi connectivity index (χ1n) is 13.9. The highest BCUT2D eigenvalue weighted by molar-refractivity contribution is 6.05. The summed E-state index contributed by atoms with van der Waals surface area (Å²) in [5, 5.41) is 11.4. The number of methoxy groups -OCH3 is 2. The third kappa shape index (κ3) is 5.55. The topological polar surface area (TPSA) is 86.0 Å². The highest BCUT2D eigenvalue weighted by atomic mass is 16.5. The fourth-order valence-corrected chi connectivity index (χ4v) is 5.21. The Morgan fingerprint density at radius 1 is 0.814 bits per heavy atom. The molecule has 1 aliphatic heterocycles. The summed E-state index contributed by atoms with van der Waals surface area (Å²) in [6.07, 6.45) is 2.45. The Labute approximate surface area is 249 Å². The molecule has 0 bridgehead atoms. The molecule has 2 heterocycles. The van der Waals surface area contributed by atoms with Gasteiger partial charge in [0.2, 0.25) is 0 Å². The number of ether oxygens (including phenoxy) is 2. The van der Waals surface area contributed by atoms with Gasteiger partial charge < -0.3 is 9.47 Å². The fourth-order valence-electron chi connectivity index (χ4n) is 5.21. The SMILES string of the molecule is COC(=O)c1cccc(C(=O)N2N=C(c3ccc(OC)cc3)CC2c2cn(-c3ccccc3)nc2-c2ccc(C)cc2)c1. The molecule has 43 heavy (non-hydrogen) atoms. The van der Waals surface area contributed by atoms with Crippen LogP contribution in [0.3, 0.4) is 0 Å². The minimum absolute atomic E-state index is 0.292. The highest BCUT2D eigenvalue weighted by Gasteiger charge is 2.37. The summed E-state index contributed by atoms with van der Waals surface area (Å²) in [5.41, 5.74) is 6.87. The van der Waals surface area contributed by atoms with Crippen LogP contribution in [0.5, 0.6) is 5.75 Å². The molecule has 0 N–H and O–H groups in total.